The molecule has 0 spiro atoms. The molecule has 0 saturated heterocycles. The van der Waals surface area contributed by atoms with E-state index in [1.807, 2.05) is 31.3 Å². The SMILES string of the molecule is CNCc1ccnc(-c2[c-]c(F)cc(F)c2)c1.[C-]#N.[Ir].c1ccncc1. The molecule has 0 atom stereocenters. The zero-order chi connectivity index (χ0) is 18.5. The van der Waals surface area contributed by atoms with E-state index in [9.17, 15) is 8.78 Å². The molecule has 0 saturated carbocycles. The molecule has 3 aromatic rings. The van der Waals surface area contributed by atoms with Crippen LogP contribution < -0.4 is 5.32 Å². The molecule has 137 valence electrons. The van der Waals surface area contributed by atoms with Crippen LogP contribution in [0.5, 0.6) is 0 Å². The number of pyridine rings is 2. The van der Waals surface area contributed by atoms with Gasteiger partial charge in [0, 0.05) is 56.9 Å². The van der Waals surface area contributed by atoms with Crippen LogP contribution in [0.15, 0.2) is 61.1 Å². The molecule has 0 aliphatic carbocycles. The zero-order valence-corrected chi connectivity index (χ0v) is 16.3. The van der Waals surface area contributed by atoms with Crippen molar-refractivity contribution >= 4 is 0 Å². The van der Waals surface area contributed by atoms with Crippen LogP contribution in [0.25, 0.3) is 11.3 Å². The molecule has 1 aromatic carbocycles. The van der Waals surface area contributed by atoms with Gasteiger partial charge in [-0.2, -0.15) is 0 Å². The minimum absolute atomic E-state index is 0. The predicted molar refractivity (Wildman–Crippen MR) is 90.4 cm³/mol. The van der Waals surface area contributed by atoms with Crippen LogP contribution in [0.3, 0.4) is 0 Å². The first kappa shape index (κ1) is 23.5. The van der Waals surface area contributed by atoms with Gasteiger partial charge in [-0.3, -0.25) is 4.98 Å². The van der Waals surface area contributed by atoms with Crippen molar-refractivity contribution in [3.8, 4) is 11.3 Å². The summed E-state index contributed by atoms with van der Waals surface area (Å²) in [7, 11) is 1.83. The Labute approximate surface area is 165 Å². The van der Waals surface area contributed by atoms with Gasteiger partial charge < -0.3 is 22.1 Å². The Kier molecular flexibility index (Phi) is 12.4. The van der Waals surface area contributed by atoms with Crippen LogP contribution in [0.1, 0.15) is 5.56 Å². The third-order valence-electron chi connectivity index (χ3n) is 2.85. The summed E-state index contributed by atoms with van der Waals surface area (Å²) in [6.07, 6.45) is 5.11. The van der Waals surface area contributed by atoms with E-state index in [-0.39, 0.29) is 20.1 Å². The van der Waals surface area contributed by atoms with Crippen LogP contribution >= 0.6 is 0 Å². The molecule has 0 fully saturated rings. The first-order chi connectivity index (χ1) is 12.2. The first-order valence-corrected chi connectivity index (χ1v) is 7.24. The summed E-state index contributed by atoms with van der Waals surface area (Å²) in [5.41, 5.74) is 1.83. The van der Waals surface area contributed by atoms with E-state index in [0.717, 1.165) is 11.6 Å². The van der Waals surface area contributed by atoms with Gasteiger partial charge in [-0.25, -0.2) is 8.78 Å². The van der Waals surface area contributed by atoms with Crippen LogP contribution in [-0.2, 0) is 26.7 Å². The van der Waals surface area contributed by atoms with Crippen LogP contribution in [0.4, 0.5) is 8.78 Å². The number of hydrogen-bond donors (Lipinski definition) is 1. The summed E-state index contributed by atoms with van der Waals surface area (Å²) >= 11 is 0. The Bertz CT molecular complexity index is 736. The largest absolute Gasteiger partial charge is 0.512 e. The molecule has 0 unspecified atom stereocenters. The van der Waals surface area contributed by atoms with Gasteiger partial charge in [0.1, 0.15) is 0 Å². The topological polar surface area (TPSA) is 61.6 Å². The summed E-state index contributed by atoms with van der Waals surface area (Å²) in [5.74, 6) is -1.35. The Hall–Kier alpha value is -2.52. The molecule has 1 radical (unpaired) electrons. The van der Waals surface area contributed by atoms with Crippen molar-refractivity contribution in [1.29, 1.82) is 5.26 Å². The number of nitrogens with zero attached hydrogens (tertiary/aromatic N) is 3. The van der Waals surface area contributed by atoms with E-state index in [1.54, 1.807) is 24.7 Å². The fourth-order valence-corrected chi connectivity index (χ4v) is 1.89. The molecule has 1 N–H and O–H groups in total. The Morgan fingerprint density at radius 2 is 1.77 bits per heavy atom. The predicted octanol–water partition coefficient (Wildman–Crippen LogP) is 3.72. The molecule has 2 aromatic heterocycles. The fraction of sp³-hybridized carbons (Fsp3) is 0.105. The third kappa shape index (κ3) is 8.54. The Morgan fingerprint density at radius 3 is 2.27 bits per heavy atom. The molecule has 26 heavy (non-hydrogen) atoms. The summed E-state index contributed by atoms with van der Waals surface area (Å²) in [6, 6.07) is 13.8. The monoisotopic (exact) mass is 531 g/mol. The average molecular weight is 531 g/mol. The van der Waals surface area contributed by atoms with Crippen LogP contribution in [-0.4, -0.2) is 17.0 Å². The molecule has 0 aliphatic heterocycles. The van der Waals surface area contributed by atoms with E-state index in [0.29, 0.717) is 17.8 Å². The van der Waals surface area contributed by atoms with E-state index >= 15 is 0 Å². The first-order valence-electron chi connectivity index (χ1n) is 7.24. The third-order valence-corrected chi connectivity index (χ3v) is 2.85. The van der Waals surface area contributed by atoms with Crippen molar-refractivity contribution in [2.75, 3.05) is 7.05 Å². The minimum Gasteiger partial charge on any atom is -0.512 e. The number of benzene rings is 1. The number of halogens is 2. The van der Waals surface area contributed by atoms with Crippen molar-refractivity contribution in [2.24, 2.45) is 0 Å². The average Bonchev–Trinajstić information content (AvgIpc) is 2.65. The quantitative estimate of drug-likeness (QED) is 0.525. The van der Waals surface area contributed by atoms with E-state index < -0.39 is 11.6 Å². The normalized spacial score (nSPS) is 8.81. The van der Waals surface area contributed by atoms with Crippen molar-refractivity contribution in [3.05, 3.63) is 90.9 Å². The molecular formula is C19H16F2IrN4-2. The standard InChI is InChI=1S/C13H11F2N2.C5H5N.CN.Ir/c1-16-8-9-2-3-17-13(4-9)10-5-11(14)7-12(15)6-10;1-2-4-6-5-3-1;1-2;/h2-5,7,16H,8H2,1H3;1-5H;;/q-1;;-1;. The summed E-state index contributed by atoms with van der Waals surface area (Å²) < 4.78 is 26.1. The second kappa shape index (κ2) is 13.7. The van der Waals surface area contributed by atoms with Crippen LogP contribution in [0.2, 0.25) is 0 Å². The summed E-state index contributed by atoms with van der Waals surface area (Å²) in [5, 5.41) is 9.25. The van der Waals surface area contributed by atoms with Crippen molar-refractivity contribution in [1.82, 2.24) is 15.3 Å². The van der Waals surface area contributed by atoms with E-state index in [1.165, 1.54) is 6.07 Å². The molecule has 0 amide bonds. The van der Waals surface area contributed by atoms with E-state index in [2.05, 4.69) is 21.4 Å². The second-order valence-electron chi connectivity index (χ2n) is 4.66. The second-order valence-corrected chi connectivity index (χ2v) is 4.66. The molecule has 0 bridgehead atoms. The maximum Gasteiger partial charge on any atom is 0.0446 e. The summed E-state index contributed by atoms with van der Waals surface area (Å²) in [4.78, 5) is 7.87. The number of nitrogens with one attached hydrogen (secondary N) is 1. The summed E-state index contributed by atoms with van der Waals surface area (Å²) in [6.45, 7) is 5.42. The van der Waals surface area contributed by atoms with Gasteiger partial charge >= 0.3 is 0 Å². The Morgan fingerprint density at radius 1 is 1.08 bits per heavy atom. The minimum atomic E-state index is -0.721. The number of hydrogen-bond acceptors (Lipinski definition) is 4. The van der Waals surface area contributed by atoms with Gasteiger partial charge in [-0.1, -0.05) is 18.2 Å². The van der Waals surface area contributed by atoms with Crippen LogP contribution in [0, 0.1) is 29.5 Å². The Balaban J connectivity index is 0.000000585. The van der Waals surface area contributed by atoms with Gasteiger partial charge in [0.05, 0.1) is 0 Å². The van der Waals surface area contributed by atoms with E-state index in [4.69, 9.17) is 11.8 Å². The van der Waals surface area contributed by atoms with Gasteiger partial charge in [-0.05, 0) is 36.5 Å². The number of aromatic nitrogens is 2. The maximum absolute atomic E-state index is 13.1. The molecule has 7 heteroatoms. The van der Waals surface area contributed by atoms with Gasteiger partial charge in [0.2, 0.25) is 0 Å². The zero-order valence-electron chi connectivity index (χ0n) is 13.9. The van der Waals surface area contributed by atoms with Crippen molar-refractivity contribution < 1.29 is 28.9 Å². The van der Waals surface area contributed by atoms with Crippen molar-refractivity contribution in [3.63, 3.8) is 0 Å². The van der Waals surface area contributed by atoms with Crippen molar-refractivity contribution in [2.45, 2.75) is 6.54 Å². The molecule has 3 rings (SSSR count). The smallest absolute Gasteiger partial charge is 0.0446 e. The fourth-order valence-electron chi connectivity index (χ4n) is 1.89. The van der Waals surface area contributed by atoms with Gasteiger partial charge in [-0.15, -0.1) is 17.7 Å². The maximum atomic E-state index is 13.1. The molecule has 2 heterocycles. The van der Waals surface area contributed by atoms with Gasteiger partial charge in [0.25, 0.3) is 0 Å². The van der Waals surface area contributed by atoms with Gasteiger partial charge in [0.15, 0.2) is 0 Å². The molecule has 0 aliphatic rings. The molecule has 4 nitrogen and oxygen atoms in total. The molecular weight excluding hydrogens is 514 g/mol. The number of rotatable bonds is 3.